The third kappa shape index (κ3) is 3.24. The van der Waals surface area contributed by atoms with Crippen LogP contribution in [-0.2, 0) is 4.74 Å². The van der Waals surface area contributed by atoms with Crippen LogP contribution in [0.5, 0.6) is 0 Å². The number of nitrogens with zero attached hydrogens (tertiary/aromatic N) is 1. The van der Waals surface area contributed by atoms with Gasteiger partial charge in [-0.1, -0.05) is 0 Å². The Labute approximate surface area is 180 Å². The predicted octanol–water partition coefficient (Wildman–Crippen LogP) is -9.08. The molecule has 1 N–H and O–H groups in total. The maximum Gasteiger partial charge on any atom is 1.00 e. The van der Waals surface area contributed by atoms with Crippen molar-refractivity contribution in [2.24, 2.45) is 5.92 Å². The molecule has 0 aromatic carbocycles. The number of rotatable bonds is 0. The van der Waals surface area contributed by atoms with Gasteiger partial charge >= 0.3 is 116 Å². The standard InChI is InChI=1S/C7H8N2O3.2Rb/c8-1-4-2-9-6-5(4)12-3-7(6,10)11;;/h4-6,9H,2-3H2;;/q-2;2*+1/t4?,5-,6+;;/m1../s1. The van der Waals surface area contributed by atoms with Gasteiger partial charge in [-0.05, 0) is 0 Å². The summed E-state index contributed by atoms with van der Waals surface area (Å²) in [7, 11) is 0. The van der Waals surface area contributed by atoms with Gasteiger partial charge < -0.3 is 20.3 Å². The second-order valence-corrected chi connectivity index (χ2v) is 3.21. The largest absolute Gasteiger partial charge is 1.00 e. The van der Waals surface area contributed by atoms with E-state index in [-0.39, 0.29) is 129 Å². The average Bonchev–Trinajstić information content (AvgIpc) is 2.53. The van der Waals surface area contributed by atoms with Gasteiger partial charge in [-0.3, -0.25) is 0 Å². The van der Waals surface area contributed by atoms with Crippen molar-refractivity contribution in [3.63, 3.8) is 0 Å². The molecule has 0 saturated carbocycles. The van der Waals surface area contributed by atoms with E-state index in [0.29, 0.717) is 6.54 Å². The summed E-state index contributed by atoms with van der Waals surface area (Å²) >= 11 is 0. The second-order valence-electron chi connectivity index (χ2n) is 3.21. The Morgan fingerprint density at radius 2 is 2.07 bits per heavy atom. The summed E-state index contributed by atoms with van der Waals surface area (Å²) < 4.78 is 4.99. The molecule has 0 radical (unpaired) electrons. The second kappa shape index (κ2) is 6.76. The van der Waals surface area contributed by atoms with Crippen LogP contribution < -0.4 is 132 Å². The first-order valence-electron chi connectivity index (χ1n) is 3.80. The molecular weight excluding hydrogens is 331 g/mol. The van der Waals surface area contributed by atoms with Gasteiger partial charge in [-0.15, -0.1) is 0 Å². The van der Waals surface area contributed by atoms with Gasteiger partial charge in [-0.25, -0.2) is 0 Å². The van der Waals surface area contributed by atoms with E-state index in [1.807, 2.05) is 6.07 Å². The van der Waals surface area contributed by atoms with Crippen molar-refractivity contribution >= 4 is 0 Å². The molecule has 2 fully saturated rings. The monoisotopic (exact) mass is 338 g/mol. The Morgan fingerprint density at radius 3 is 2.64 bits per heavy atom. The molecule has 2 saturated heterocycles. The molecular formula is C7H8N2O3Rb2. The quantitative estimate of drug-likeness (QED) is 0.443. The Hall–Kier alpha value is 2.94. The smallest absolute Gasteiger partial charge is 0.860 e. The molecule has 1 unspecified atom stereocenters. The van der Waals surface area contributed by atoms with Crippen LogP contribution in [0, 0.1) is 17.2 Å². The molecule has 0 amide bonds. The SMILES string of the molecule is N#CC1CN[C@H]2[C@@H]1OCC2([O-])[O-].[Rb+].[Rb+]. The topological polar surface area (TPSA) is 91.2 Å². The van der Waals surface area contributed by atoms with Crippen LogP contribution in [0.4, 0.5) is 0 Å². The molecule has 2 aliphatic heterocycles. The van der Waals surface area contributed by atoms with Gasteiger partial charge in [0.15, 0.2) is 0 Å². The fraction of sp³-hybridized carbons (Fsp3) is 0.857. The van der Waals surface area contributed by atoms with Crippen LogP contribution in [0.2, 0.25) is 0 Å². The summed E-state index contributed by atoms with van der Waals surface area (Å²) in [5, 5.41) is 33.6. The van der Waals surface area contributed by atoms with Crippen LogP contribution in [0.25, 0.3) is 0 Å². The normalized spacial score (nSPS) is 37.6. The van der Waals surface area contributed by atoms with Crippen molar-refractivity contribution in [2.45, 2.75) is 17.9 Å². The van der Waals surface area contributed by atoms with Crippen LogP contribution in [-0.4, -0.2) is 31.1 Å². The molecule has 3 atom stereocenters. The number of ether oxygens (including phenoxy) is 1. The maximum absolute atomic E-state index is 11.1. The van der Waals surface area contributed by atoms with Crippen LogP contribution >= 0.6 is 0 Å². The first-order chi connectivity index (χ1) is 5.65. The Morgan fingerprint density at radius 1 is 1.43 bits per heavy atom. The van der Waals surface area contributed by atoms with Crippen molar-refractivity contribution in [1.82, 2.24) is 5.32 Å². The van der Waals surface area contributed by atoms with E-state index in [2.05, 4.69) is 5.32 Å². The van der Waals surface area contributed by atoms with E-state index in [4.69, 9.17) is 10.00 Å². The van der Waals surface area contributed by atoms with Gasteiger partial charge in [0.2, 0.25) is 0 Å². The molecule has 0 spiro atoms. The van der Waals surface area contributed by atoms with Crippen molar-refractivity contribution < 1.29 is 131 Å². The summed E-state index contributed by atoms with van der Waals surface area (Å²) in [5.41, 5.74) is 0. The van der Waals surface area contributed by atoms with E-state index in [1.54, 1.807) is 0 Å². The molecule has 2 aliphatic rings. The van der Waals surface area contributed by atoms with E-state index in [1.165, 1.54) is 0 Å². The number of hydrogen-bond acceptors (Lipinski definition) is 5. The van der Waals surface area contributed by atoms with Crippen molar-refractivity contribution in [3.8, 4) is 6.07 Å². The zero-order chi connectivity index (χ0) is 8.77. The summed E-state index contributed by atoms with van der Waals surface area (Å²) in [4.78, 5) is 0. The van der Waals surface area contributed by atoms with Crippen molar-refractivity contribution in [1.29, 1.82) is 5.26 Å². The fourth-order valence-corrected chi connectivity index (χ4v) is 1.76. The van der Waals surface area contributed by atoms with Gasteiger partial charge in [-0.2, -0.15) is 11.0 Å². The van der Waals surface area contributed by atoms with E-state index in [9.17, 15) is 10.2 Å². The van der Waals surface area contributed by atoms with E-state index >= 15 is 0 Å². The van der Waals surface area contributed by atoms with E-state index in [0.717, 1.165) is 0 Å². The Bertz CT molecular complexity index is 244. The number of fused-ring (bicyclic) bond motifs is 1. The molecule has 2 heterocycles. The summed E-state index contributed by atoms with van der Waals surface area (Å²) in [5.74, 6) is -2.66. The third-order valence-electron chi connectivity index (χ3n) is 2.40. The summed E-state index contributed by atoms with van der Waals surface area (Å²) in [6.07, 6.45) is -0.495. The number of nitriles is 1. The Kier molecular flexibility index (Phi) is 8.18. The molecule has 0 aliphatic carbocycles. The minimum absolute atomic E-state index is 0. The fourth-order valence-electron chi connectivity index (χ4n) is 1.76. The van der Waals surface area contributed by atoms with Gasteiger partial charge in [0.1, 0.15) is 0 Å². The molecule has 0 aromatic rings. The van der Waals surface area contributed by atoms with Crippen LogP contribution in [0.1, 0.15) is 0 Å². The van der Waals surface area contributed by atoms with Crippen molar-refractivity contribution in [2.75, 3.05) is 13.2 Å². The zero-order valence-electron chi connectivity index (χ0n) is 8.32. The molecule has 5 nitrogen and oxygen atoms in total. The van der Waals surface area contributed by atoms with Gasteiger partial charge in [0.25, 0.3) is 0 Å². The minimum atomic E-state index is -2.31. The summed E-state index contributed by atoms with van der Waals surface area (Å²) in [6.45, 7) is 0.0472. The molecule has 0 aromatic heterocycles. The zero-order valence-corrected chi connectivity index (χ0v) is 18.2. The number of nitrogens with one attached hydrogen (secondary N) is 1. The maximum atomic E-state index is 11.1. The Balaban J connectivity index is 0.000000845. The summed E-state index contributed by atoms with van der Waals surface area (Å²) in [6, 6.07) is 1.27. The third-order valence-corrected chi connectivity index (χ3v) is 2.40. The molecule has 66 valence electrons. The minimum Gasteiger partial charge on any atom is -0.860 e. The molecule has 7 heteroatoms. The number of hydrogen-bond donors (Lipinski definition) is 1. The van der Waals surface area contributed by atoms with E-state index < -0.39 is 17.9 Å². The molecule has 14 heavy (non-hydrogen) atoms. The predicted molar refractivity (Wildman–Crippen MR) is 33.4 cm³/mol. The van der Waals surface area contributed by atoms with Gasteiger partial charge in [0.05, 0.1) is 18.1 Å². The average molecular weight is 339 g/mol. The molecule has 0 bridgehead atoms. The molecule has 2 rings (SSSR count). The first-order valence-corrected chi connectivity index (χ1v) is 3.80. The first kappa shape index (κ1) is 16.9. The van der Waals surface area contributed by atoms with Crippen molar-refractivity contribution in [3.05, 3.63) is 0 Å². The van der Waals surface area contributed by atoms with Gasteiger partial charge in [0, 0.05) is 19.2 Å². The van der Waals surface area contributed by atoms with Crippen LogP contribution in [0.15, 0.2) is 0 Å². The van der Waals surface area contributed by atoms with Crippen LogP contribution in [0.3, 0.4) is 0 Å².